The Morgan fingerprint density at radius 3 is 2.30 bits per heavy atom. The van der Waals surface area contributed by atoms with Crippen LogP contribution in [0.15, 0.2) is 34.1 Å². The molecule has 1 heterocycles. The van der Waals surface area contributed by atoms with Gasteiger partial charge in [-0.3, -0.25) is 4.79 Å². The second-order valence-corrected chi connectivity index (χ2v) is 11.2. The summed E-state index contributed by atoms with van der Waals surface area (Å²) in [6, 6.07) is 6.65. The van der Waals surface area contributed by atoms with Crippen LogP contribution < -0.4 is 4.74 Å². The first kappa shape index (κ1) is 22.5. The Balaban J connectivity index is 1.97. The highest BCUT2D eigenvalue weighted by atomic mass is 32.2. The van der Waals surface area contributed by atoms with Gasteiger partial charge in [-0.05, 0) is 59.1 Å². The van der Waals surface area contributed by atoms with Crippen LogP contribution in [0.4, 0.5) is 0 Å². The van der Waals surface area contributed by atoms with Gasteiger partial charge in [0, 0.05) is 6.42 Å². The topological polar surface area (TPSA) is 78.3 Å². The van der Waals surface area contributed by atoms with Crippen molar-refractivity contribution in [2.75, 3.05) is 0 Å². The van der Waals surface area contributed by atoms with Crippen molar-refractivity contribution in [3.8, 4) is 5.88 Å². The number of hydrogen-bond acceptors (Lipinski definition) is 5. The third-order valence-corrected chi connectivity index (χ3v) is 7.54. The average Bonchev–Trinajstić information content (AvgIpc) is 3.28. The number of nitrogens with zero attached hydrogens (tertiary/aromatic N) is 2. The SMILES string of the molecule is Cc1ccc(S(=O)(=O)c2c(C)nn(C(C)(C)C)c2OC(=O)CCC2CCCC2)cc1. The van der Waals surface area contributed by atoms with Gasteiger partial charge in [-0.15, -0.1) is 0 Å². The Bertz CT molecular complexity index is 1010. The van der Waals surface area contributed by atoms with E-state index in [1.54, 1.807) is 31.2 Å². The van der Waals surface area contributed by atoms with Gasteiger partial charge < -0.3 is 4.74 Å². The number of hydrogen-bond donors (Lipinski definition) is 0. The molecular weight excluding hydrogens is 400 g/mol. The molecule has 0 radical (unpaired) electrons. The van der Waals surface area contributed by atoms with Gasteiger partial charge in [0.05, 0.1) is 16.1 Å². The molecule has 0 saturated heterocycles. The van der Waals surface area contributed by atoms with Gasteiger partial charge in [-0.2, -0.15) is 5.10 Å². The molecule has 164 valence electrons. The van der Waals surface area contributed by atoms with Crippen molar-refractivity contribution in [2.45, 2.75) is 88.5 Å². The van der Waals surface area contributed by atoms with E-state index in [4.69, 9.17) is 4.74 Å². The number of aromatic nitrogens is 2. The molecule has 1 aliphatic carbocycles. The number of benzene rings is 1. The fourth-order valence-corrected chi connectivity index (χ4v) is 5.48. The maximum Gasteiger partial charge on any atom is 0.312 e. The summed E-state index contributed by atoms with van der Waals surface area (Å²) in [5, 5.41) is 4.44. The lowest BCUT2D eigenvalue weighted by molar-refractivity contribution is -0.135. The highest BCUT2D eigenvalue weighted by molar-refractivity contribution is 7.91. The second-order valence-electron chi connectivity index (χ2n) is 9.28. The van der Waals surface area contributed by atoms with Crippen LogP contribution in [0.5, 0.6) is 5.88 Å². The van der Waals surface area contributed by atoms with E-state index in [-0.39, 0.29) is 22.1 Å². The zero-order valence-electron chi connectivity index (χ0n) is 18.6. The summed E-state index contributed by atoms with van der Waals surface area (Å²) in [5.74, 6) is 0.159. The molecule has 1 aromatic heterocycles. The lowest BCUT2D eigenvalue weighted by Gasteiger charge is -2.22. The molecule has 1 fully saturated rings. The quantitative estimate of drug-likeness (QED) is 0.603. The molecule has 7 heteroatoms. The van der Waals surface area contributed by atoms with E-state index < -0.39 is 21.3 Å². The molecule has 2 aromatic rings. The Labute approximate surface area is 179 Å². The van der Waals surface area contributed by atoms with Crippen molar-refractivity contribution in [1.29, 1.82) is 0 Å². The summed E-state index contributed by atoms with van der Waals surface area (Å²) in [6.07, 6.45) is 5.80. The number of ether oxygens (including phenoxy) is 1. The summed E-state index contributed by atoms with van der Waals surface area (Å²) >= 11 is 0. The van der Waals surface area contributed by atoms with Gasteiger partial charge in [0.25, 0.3) is 0 Å². The van der Waals surface area contributed by atoms with Gasteiger partial charge >= 0.3 is 5.97 Å². The molecule has 0 bridgehead atoms. The van der Waals surface area contributed by atoms with Gasteiger partial charge in [0.1, 0.15) is 0 Å². The minimum Gasteiger partial charge on any atom is -0.406 e. The Morgan fingerprint density at radius 2 is 1.73 bits per heavy atom. The van der Waals surface area contributed by atoms with Crippen LogP contribution in [0.2, 0.25) is 0 Å². The monoisotopic (exact) mass is 432 g/mol. The third-order valence-electron chi connectivity index (χ3n) is 5.64. The van der Waals surface area contributed by atoms with E-state index in [1.807, 2.05) is 27.7 Å². The zero-order valence-corrected chi connectivity index (χ0v) is 19.4. The van der Waals surface area contributed by atoms with Crippen LogP contribution in [0, 0.1) is 19.8 Å². The molecule has 0 N–H and O–H groups in total. The van der Waals surface area contributed by atoms with E-state index >= 15 is 0 Å². The smallest absolute Gasteiger partial charge is 0.312 e. The normalized spacial score (nSPS) is 15.5. The van der Waals surface area contributed by atoms with Gasteiger partial charge in [-0.25, -0.2) is 13.1 Å². The molecule has 0 amide bonds. The first-order valence-electron chi connectivity index (χ1n) is 10.6. The first-order valence-corrected chi connectivity index (χ1v) is 12.1. The van der Waals surface area contributed by atoms with Crippen molar-refractivity contribution in [3.63, 3.8) is 0 Å². The summed E-state index contributed by atoms with van der Waals surface area (Å²) < 4.78 is 34.1. The molecule has 6 nitrogen and oxygen atoms in total. The van der Waals surface area contributed by atoms with Gasteiger partial charge in [0.2, 0.25) is 15.7 Å². The maximum atomic E-state index is 13.4. The third kappa shape index (κ3) is 4.77. The molecule has 30 heavy (non-hydrogen) atoms. The Kier molecular flexibility index (Phi) is 6.41. The molecule has 1 saturated carbocycles. The standard InChI is InChI=1S/C23H32N2O4S/c1-16-10-13-19(14-11-16)30(27,28)21-17(2)24-25(23(3,4)5)22(21)29-20(26)15-12-18-8-6-7-9-18/h10-11,13-14,18H,6-9,12,15H2,1-5H3. The lowest BCUT2D eigenvalue weighted by atomic mass is 10.0. The zero-order chi connectivity index (χ0) is 22.1. The average molecular weight is 433 g/mol. The van der Waals surface area contributed by atoms with E-state index in [1.165, 1.54) is 17.5 Å². The van der Waals surface area contributed by atoms with Crippen molar-refractivity contribution in [3.05, 3.63) is 35.5 Å². The predicted octanol–water partition coefficient (Wildman–Crippen LogP) is 4.96. The molecule has 0 aliphatic heterocycles. The van der Waals surface area contributed by atoms with Gasteiger partial charge in [-0.1, -0.05) is 43.4 Å². The Hall–Kier alpha value is -2.15. The van der Waals surface area contributed by atoms with Crippen LogP contribution in [0.1, 0.15) is 70.6 Å². The molecule has 1 aromatic carbocycles. The summed E-state index contributed by atoms with van der Waals surface area (Å²) in [6.45, 7) is 9.24. The first-order chi connectivity index (χ1) is 14.0. The van der Waals surface area contributed by atoms with E-state index in [9.17, 15) is 13.2 Å². The highest BCUT2D eigenvalue weighted by Gasteiger charge is 2.34. The summed E-state index contributed by atoms with van der Waals surface area (Å²) in [4.78, 5) is 12.8. The van der Waals surface area contributed by atoms with E-state index in [0.717, 1.165) is 24.8 Å². The molecular formula is C23H32N2O4S. The van der Waals surface area contributed by atoms with Crippen molar-refractivity contribution >= 4 is 15.8 Å². The molecule has 0 spiro atoms. The van der Waals surface area contributed by atoms with Crippen LogP contribution in [-0.2, 0) is 20.2 Å². The number of rotatable bonds is 6. The van der Waals surface area contributed by atoms with Gasteiger partial charge in [0.15, 0.2) is 4.90 Å². The second kappa shape index (κ2) is 8.53. The minimum atomic E-state index is -3.89. The van der Waals surface area contributed by atoms with Crippen LogP contribution in [0.25, 0.3) is 0 Å². The molecule has 0 unspecified atom stereocenters. The number of carbonyl (C=O) groups excluding carboxylic acids is 1. The molecule has 3 rings (SSSR count). The van der Waals surface area contributed by atoms with Crippen molar-refractivity contribution in [2.24, 2.45) is 5.92 Å². The maximum absolute atomic E-state index is 13.4. The largest absolute Gasteiger partial charge is 0.406 e. The fraction of sp³-hybridized carbons (Fsp3) is 0.565. The lowest BCUT2D eigenvalue weighted by Crippen LogP contribution is -2.26. The van der Waals surface area contributed by atoms with Crippen LogP contribution >= 0.6 is 0 Å². The Morgan fingerprint density at radius 1 is 1.13 bits per heavy atom. The summed E-state index contributed by atoms with van der Waals surface area (Å²) in [5.41, 5.74) is 0.742. The minimum absolute atomic E-state index is 0.0111. The van der Waals surface area contributed by atoms with Crippen LogP contribution in [0.3, 0.4) is 0 Å². The van der Waals surface area contributed by atoms with E-state index in [0.29, 0.717) is 11.6 Å². The highest BCUT2D eigenvalue weighted by Crippen LogP contribution is 2.36. The van der Waals surface area contributed by atoms with Crippen molar-refractivity contribution in [1.82, 2.24) is 9.78 Å². The van der Waals surface area contributed by atoms with Crippen molar-refractivity contribution < 1.29 is 17.9 Å². The van der Waals surface area contributed by atoms with Crippen LogP contribution in [-0.4, -0.2) is 24.2 Å². The molecule has 0 atom stereocenters. The summed E-state index contributed by atoms with van der Waals surface area (Å²) in [7, 11) is -3.89. The fourth-order valence-electron chi connectivity index (χ4n) is 3.96. The number of sulfone groups is 1. The van der Waals surface area contributed by atoms with E-state index in [2.05, 4.69) is 5.10 Å². The number of aryl methyl sites for hydroxylation is 2. The molecule has 1 aliphatic rings. The number of esters is 1. The number of carbonyl (C=O) groups is 1. The predicted molar refractivity (Wildman–Crippen MR) is 115 cm³/mol.